The quantitative estimate of drug-likeness (QED) is 0.336. The van der Waals surface area contributed by atoms with Gasteiger partial charge in [-0.15, -0.1) is 23.1 Å². The van der Waals surface area contributed by atoms with Gasteiger partial charge < -0.3 is 5.32 Å². The lowest BCUT2D eigenvalue weighted by Gasteiger charge is -2.13. The van der Waals surface area contributed by atoms with Gasteiger partial charge in [0.15, 0.2) is 5.13 Å². The fraction of sp³-hybridized carbons (Fsp3) is 0.120. The van der Waals surface area contributed by atoms with Crippen molar-refractivity contribution in [1.29, 1.82) is 5.26 Å². The summed E-state index contributed by atoms with van der Waals surface area (Å²) in [5.74, 6) is 0.397. The Hall–Kier alpha value is -3.47. The Bertz CT molecular complexity index is 1250. The number of amides is 1. The van der Waals surface area contributed by atoms with Crippen molar-refractivity contribution in [2.45, 2.75) is 18.4 Å². The second kappa shape index (κ2) is 10.2. The first-order valence-corrected chi connectivity index (χ1v) is 11.9. The third-order valence-electron chi connectivity index (χ3n) is 4.78. The number of thioether (sulfide) groups is 1. The molecule has 0 spiro atoms. The molecule has 1 N–H and O–H groups in total. The third kappa shape index (κ3) is 5.22. The summed E-state index contributed by atoms with van der Waals surface area (Å²) in [5.41, 5.74) is 5.28. The van der Waals surface area contributed by atoms with Crippen LogP contribution >= 0.6 is 23.1 Å². The van der Waals surface area contributed by atoms with Crippen molar-refractivity contribution in [2.75, 3.05) is 11.1 Å². The van der Waals surface area contributed by atoms with Gasteiger partial charge in [0.05, 0.1) is 11.3 Å². The van der Waals surface area contributed by atoms with Gasteiger partial charge in [-0.2, -0.15) is 5.26 Å². The number of nitrogens with one attached hydrogen (secondary N) is 1. The number of thiazole rings is 1. The molecule has 0 aliphatic carbocycles. The molecule has 0 bridgehead atoms. The van der Waals surface area contributed by atoms with E-state index in [1.54, 1.807) is 6.20 Å². The molecule has 0 saturated carbocycles. The SMILES string of the molecule is Cc1ccc(-c2cc(-c3ccccc3)nc(SCCC(=O)Nc3nccs3)c2C#N)cc1. The van der Waals surface area contributed by atoms with E-state index < -0.39 is 0 Å². The number of pyridine rings is 1. The van der Waals surface area contributed by atoms with Crippen molar-refractivity contribution >= 4 is 34.1 Å². The summed E-state index contributed by atoms with van der Waals surface area (Å²) in [5, 5.41) is 15.8. The van der Waals surface area contributed by atoms with Crippen molar-refractivity contribution in [3.63, 3.8) is 0 Å². The van der Waals surface area contributed by atoms with Crippen LogP contribution in [-0.2, 0) is 4.79 Å². The minimum atomic E-state index is -0.107. The standard InChI is InChI=1S/C25H20N4OS2/c1-17-7-9-18(10-8-17)20-15-22(19-5-3-2-4-6-19)28-24(21(20)16-26)31-13-11-23(30)29-25-27-12-14-32-25/h2-10,12,14-15H,11,13H2,1H3,(H,27,29,30). The van der Waals surface area contributed by atoms with Gasteiger partial charge in [0.1, 0.15) is 11.1 Å². The van der Waals surface area contributed by atoms with Crippen LogP contribution in [0.25, 0.3) is 22.4 Å². The second-order valence-electron chi connectivity index (χ2n) is 7.06. The van der Waals surface area contributed by atoms with Gasteiger partial charge in [0.25, 0.3) is 0 Å². The lowest BCUT2D eigenvalue weighted by Crippen LogP contribution is -2.12. The van der Waals surface area contributed by atoms with Crippen molar-refractivity contribution in [3.8, 4) is 28.5 Å². The molecule has 7 heteroatoms. The zero-order valence-electron chi connectivity index (χ0n) is 17.4. The van der Waals surface area contributed by atoms with Crippen LogP contribution in [0.15, 0.2) is 77.3 Å². The molecule has 0 radical (unpaired) electrons. The third-order valence-corrected chi connectivity index (χ3v) is 6.44. The van der Waals surface area contributed by atoms with Crippen LogP contribution in [-0.4, -0.2) is 21.6 Å². The molecular weight excluding hydrogens is 436 g/mol. The van der Waals surface area contributed by atoms with Gasteiger partial charge in [-0.3, -0.25) is 4.79 Å². The van der Waals surface area contributed by atoms with E-state index in [1.807, 2.05) is 73.0 Å². The van der Waals surface area contributed by atoms with Crippen molar-refractivity contribution in [2.24, 2.45) is 0 Å². The molecular formula is C25H20N4OS2. The van der Waals surface area contributed by atoms with Crippen LogP contribution in [0, 0.1) is 18.3 Å². The normalized spacial score (nSPS) is 10.5. The summed E-state index contributed by atoms with van der Waals surface area (Å²) in [6.45, 7) is 2.04. The first-order chi connectivity index (χ1) is 15.6. The number of benzene rings is 2. The molecule has 32 heavy (non-hydrogen) atoms. The average Bonchev–Trinajstić information content (AvgIpc) is 3.32. The van der Waals surface area contributed by atoms with Crippen LogP contribution < -0.4 is 5.32 Å². The zero-order valence-corrected chi connectivity index (χ0v) is 19.0. The molecule has 4 aromatic rings. The average molecular weight is 457 g/mol. The highest BCUT2D eigenvalue weighted by Crippen LogP contribution is 2.34. The van der Waals surface area contributed by atoms with Crippen LogP contribution in [0.4, 0.5) is 5.13 Å². The molecule has 0 aliphatic rings. The Labute approximate surface area is 195 Å². The Kier molecular flexibility index (Phi) is 6.95. The highest BCUT2D eigenvalue weighted by molar-refractivity contribution is 7.99. The molecule has 1 amide bonds. The zero-order chi connectivity index (χ0) is 22.3. The molecule has 4 rings (SSSR count). The highest BCUT2D eigenvalue weighted by atomic mass is 32.2. The highest BCUT2D eigenvalue weighted by Gasteiger charge is 2.16. The molecule has 2 aromatic carbocycles. The number of nitriles is 1. The summed E-state index contributed by atoms with van der Waals surface area (Å²) in [4.78, 5) is 21.1. The fourth-order valence-electron chi connectivity index (χ4n) is 3.16. The van der Waals surface area contributed by atoms with Gasteiger partial charge in [0, 0.05) is 34.9 Å². The van der Waals surface area contributed by atoms with E-state index in [1.165, 1.54) is 23.1 Å². The monoisotopic (exact) mass is 456 g/mol. The lowest BCUT2D eigenvalue weighted by atomic mass is 9.98. The number of hydrogen-bond acceptors (Lipinski definition) is 6. The Balaban J connectivity index is 1.64. The predicted molar refractivity (Wildman–Crippen MR) is 131 cm³/mol. The first-order valence-electron chi connectivity index (χ1n) is 10.0. The fourth-order valence-corrected chi connectivity index (χ4v) is 4.65. The number of carbonyl (C=O) groups is 1. The summed E-state index contributed by atoms with van der Waals surface area (Å²) >= 11 is 2.80. The largest absolute Gasteiger partial charge is 0.302 e. The number of rotatable bonds is 7. The lowest BCUT2D eigenvalue weighted by molar-refractivity contribution is -0.115. The molecule has 0 aliphatic heterocycles. The number of carbonyl (C=O) groups excluding carboxylic acids is 1. The Morgan fingerprint density at radius 3 is 2.59 bits per heavy atom. The molecule has 2 heterocycles. The summed E-state index contributed by atoms with van der Waals surface area (Å²) in [7, 11) is 0. The maximum absolute atomic E-state index is 12.2. The van der Waals surface area contributed by atoms with E-state index in [4.69, 9.17) is 4.98 Å². The van der Waals surface area contributed by atoms with Crippen molar-refractivity contribution in [1.82, 2.24) is 9.97 Å². The van der Waals surface area contributed by atoms with Gasteiger partial charge in [-0.05, 0) is 18.6 Å². The van der Waals surface area contributed by atoms with Crippen LogP contribution in [0.2, 0.25) is 0 Å². The van der Waals surface area contributed by atoms with Crippen LogP contribution in [0.1, 0.15) is 17.5 Å². The molecule has 2 aromatic heterocycles. The number of anilines is 1. The van der Waals surface area contributed by atoms with E-state index in [0.717, 1.165) is 27.9 Å². The second-order valence-corrected chi connectivity index (χ2v) is 9.04. The topological polar surface area (TPSA) is 78.7 Å². The first kappa shape index (κ1) is 21.8. The smallest absolute Gasteiger partial charge is 0.226 e. The molecule has 0 saturated heterocycles. The molecule has 158 valence electrons. The van der Waals surface area contributed by atoms with Gasteiger partial charge in [-0.25, -0.2) is 9.97 Å². The molecule has 5 nitrogen and oxygen atoms in total. The Morgan fingerprint density at radius 1 is 1.12 bits per heavy atom. The van der Waals surface area contributed by atoms with Crippen molar-refractivity contribution < 1.29 is 4.79 Å². The van der Waals surface area contributed by atoms with E-state index in [0.29, 0.717) is 27.9 Å². The minimum Gasteiger partial charge on any atom is -0.302 e. The number of aromatic nitrogens is 2. The molecule has 0 unspecified atom stereocenters. The number of hydrogen-bond donors (Lipinski definition) is 1. The van der Waals surface area contributed by atoms with Gasteiger partial charge in [0.2, 0.25) is 5.91 Å². The number of nitrogens with zero attached hydrogens (tertiary/aromatic N) is 3. The van der Waals surface area contributed by atoms with E-state index in [9.17, 15) is 10.1 Å². The Morgan fingerprint density at radius 2 is 1.91 bits per heavy atom. The summed E-state index contributed by atoms with van der Waals surface area (Å²) < 4.78 is 0. The van der Waals surface area contributed by atoms with Gasteiger partial charge in [-0.1, -0.05) is 60.2 Å². The number of aryl methyl sites for hydroxylation is 1. The summed E-state index contributed by atoms with van der Waals surface area (Å²) in [6.07, 6.45) is 1.95. The molecule has 0 atom stereocenters. The maximum atomic E-state index is 12.2. The molecule has 0 fully saturated rings. The summed E-state index contributed by atoms with van der Waals surface area (Å²) in [6, 6.07) is 22.3. The van der Waals surface area contributed by atoms with Crippen LogP contribution in [0.3, 0.4) is 0 Å². The van der Waals surface area contributed by atoms with E-state index >= 15 is 0 Å². The van der Waals surface area contributed by atoms with Crippen LogP contribution in [0.5, 0.6) is 0 Å². The maximum Gasteiger partial charge on any atom is 0.226 e. The van der Waals surface area contributed by atoms with Crippen molar-refractivity contribution in [3.05, 3.63) is 83.4 Å². The van der Waals surface area contributed by atoms with E-state index in [2.05, 4.69) is 16.4 Å². The minimum absolute atomic E-state index is 0.107. The van der Waals surface area contributed by atoms with Gasteiger partial charge >= 0.3 is 0 Å². The van der Waals surface area contributed by atoms with E-state index in [-0.39, 0.29) is 5.91 Å². The predicted octanol–water partition coefficient (Wildman–Crippen LogP) is 6.17.